The zero-order chi connectivity index (χ0) is 19.2. The Morgan fingerprint density at radius 1 is 1.22 bits per heavy atom. The summed E-state index contributed by atoms with van der Waals surface area (Å²) in [6.45, 7) is 4.45. The van der Waals surface area contributed by atoms with Crippen LogP contribution in [0.15, 0.2) is 48.5 Å². The van der Waals surface area contributed by atoms with E-state index >= 15 is 0 Å². The van der Waals surface area contributed by atoms with E-state index in [2.05, 4.69) is 5.32 Å². The number of nitrogens with one attached hydrogen (secondary N) is 1. The van der Waals surface area contributed by atoms with Crippen LogP contribution in [0.25, 0.3) is 0 Å². The van der Waals surface area contributed by atoms with Crippen LogP contribution in [0.4, 0.5) is 0 Å². The van der Waals surface area contributed by atoms with Gasteiger partial charge in [-0.15, -0.1) is 11.8 Å². The molecule has 2 heterocycles. The maximum absolute atomic E-state index is 13.1. The first-order valence-electron chi connectivity index (χ1n) is 8.92. The highest BCUT2D eigenvalue weighted by atomic mass is 32.2. The molecule has 1 fully saturated rings. The molecule has 4 rings (SSSR count). The molecule has 1 N–H and O–H groups in total. The topological polar surface area (TPSA) is 58.6 Å². The van der Waals surface area contributed by atoms with Crippen molar-refractivity contribution in [3.8, 4) is 5.75 Å². The third-order valence-corrected chi connectivity index (χ3v) is 6.68. The van der Waals surface area contributed by atoms with Crippen LogP contribution in [0.1, 0.15) is 40.7 Å². The Kier molecular flexibility index (Phi) is 4.38. The minimum atomic E-state index is -0.516. The molecule has 0 aromatic heterocycles. The minimum Gasteiger partial charge on any atom is -0.497 e. The summed E-state index contributed by atoms with van der Waals surface area (Å²) in [6, 6.07) is 14.7. The van der Waals surface area contributed by atoms with Crippen LogP contribution in [-0.2, 0) is 11.3 Å². The van der Waals surface area contributed by atoms with Gasteiger partial charge in [-0.25, -0.2) is 0 Å². The van der Waals surface area contributed by atoms with Gasteiger partial charge < -0.3 is 15.0 Å². The lowest BCUT2D eigenvalue weighted by Gasteiger charge is -2.29. The SMILES string of the molecule is COc1cccc(CNC(=O)[C@@H]2N3C(=O)c4ccccc4[C@@H]3SC2(C)C)c1. The Morgan fingerprint density at radius 2 is 2.00 bits per heavy atom. The largest absolute Gasteiger partial charge is 0.497 e. The molecule has 27 heavy (non-hydrogen) atoms. The van der Waals surface area contributed by atoms with Gasteiger partial charge in [-0.05, 0) is 43.2 Å². The maximum atomic E-state index is 13.1. The summed E-state index contributed by atoms with van der Waals surface area (Å²) in [5.74, 6) is 0.568. The summed E-state index contributed by atoms with van der Waals surface area (Å²) in [4.78, 5) is 27.8. The highest BCUT2D eigenvalue weighted by molar-refractivity contribution is 8.01. The Morgan fingerprint density at radius 3 is 2.78 bits per heavy atom. The fourth-order valence-electron chi connectivity index (χ4n) is 3.87. The molecule has 2 amide bonds. The quantitative estimate of drug-likeness (QED) is 0.881. The molecule has 0 saturated carbocycles. The van der Waals surface area contributed by atoms with E-state index in [0.29, 0.717) is 12.1 Å². The van der Waals surface area contributed by atoms with Crippen molar-refractivity contribution >= 4 is 23.6 Å². The lowest BCUT2D eigenvalue weighted by molar-refractivity contribution is -0.126. The number of carbonyl (C=O) groups is 2. The summed E-state index contributed by atoms with van der Waals surface area (Å²) in [5, 5.41) is 2.91. The van der Waals surface area contributed by atoms with Crippen molar-refractivity contribution in [2.75, 3.05) is 7.11 Å². The fraction of sp³-hybridized carbons (Fsp3) is 0.333. The van der Waals surface area contributed by atoms with Crippen molar-refractivity contribution in [2.45, 2.75) is 36.6 Å². The number of hydrogen-bond donors (Lipinski definition) is 1. The number of fused-ring (bicyclic) bond motifs is 3. The molecule has 5 nitrogen and oxygen atoms in total. The van der Waals surface area contributed by atoms with Gasteiger partial charge in [0.25, 0.3) is 5.91 Å². The molecule has 2 aliphatic rings. The van der Waals surface area contributed by atoms with Gasteiger partial charge in [0.05, 0.1) is 7.11 Å². The number of amides is 2. The van der Waals surface area contributed by atoms with E-state index in [-0.39, 0.29) is 21.9 Å². The van der Waals surface area contributed by atoms with Crippen LogP contribution >= 0.6 is 11.8 Å². The second-order valence-electron chi connectivity index (χ2n) is 7.35. The number of thioether (sulfide) groups is 1. The number of ether oxygens (including phenoxy) is 1. The molecule has 2 aliphatic heterocycles. The number of benzene rings is 2. The van der Waals surface area contributed by atoms with Crippen LogP contribution in [0.5, 0.6) is 5.75 Å². The number of nitrogens with zero attached hydrogens (tertiary/aromatic N) is 1. The normalized spacial score (nSPS) is 22.3. The Hall–Kier alpha value is -2.47. The predicted molar refractivity (Wildman–Crippen MR) is 106 cm³/mol. The molecule has 6 heteroatoms. The van der Waals surface area contributed by atoms with Crippen molar-refractivity contribution in [1.29, 1.82) is 0 Å². The van der Waals surface area contributed by atoms with Crippen LogP contribution in [0, 0.1) is 0 Å². The highest BCUT2D eigenvalue weighted by Gasteiger charge is 2.57. The fourth-order valence-corrected chi connectivity index (χ4v) is 5.46. The van der Waals surface area contributed by atoms with E-state index in [4.69, 9.17) is 4.74 Å². The van der Waals surface area contributed by atoms with Crippen LogP contribution in [0.2, 0.25) is 0 Å². The smallest absolute Gasteiger partial charge is 0.256 e. The standard InChI is InChI=1S/C21H22N2O3S/c1-21(2)17(18(24)22-12-13-7-6-8-14(11-13)26-3)23-19(25)15-9-4-5-10-16(15)20(23)27-21/h4-11,17,20H,12H2,1-3H3,(H,22,24)/t17-,20-/m0/s1. The van der Waals surface area contributed by atoms with Gasteiger partial charge in [0.1, 0.15) is 17.2 Å². The molecule has 140 valence electrons. The van der Waals surface area contributed by atoms with Crippen molar-refractivity contribution in [1.82, 2.24) is 10.2 Å². The van der Waals surface area contributed by atoms with Gasteiger partial charge in [-0.3, -0.25) is 9.59 Å². The van der Waals surface area contributed by atoms with Crippen molar-refractivity contribution in [2.24, 2.45) is 0 Å². The lowest BCUT2D eigenvalue weighted by Crippen LogP contribution is -2.52. The molecule has 2 atom stereocenters. The van der Waals surface area contributed by atoms with Gasteiger partial charge >= 0.3 is 0 Å². The third-order valence-electron chi connectivity index (χ3n) is 5.15. The van der Waals surface area contributed by atoms with Crippen molar-refractivity contribution in [3.05, 3.63) is 65.2 Å². The van der Waals surface area contributed by atoms with Gasteiger partial charge in [-0.2, -0.15) is 0 Å². The van der Waals surface area contributed by atoms with Gasteiger partial charge in [0, 0.05) is 16.9 Å². The molecule has 0 radical (unpaired) electrons. The Labute approximate surface area is 163 Å². The third kappa shape index (κ3) is 2.98. The molecule has 0 bridgehead atoms. The Balaban J connectivity index is 1.55. The Bertz CT molecular complexity index is 912. The zero-order valence-electron chi connectivity index (χ0n) is 15.6. The molecular formula is C21H22N2O3S. The predicted octanol–water partition coefficient (Wildman–Crippen LogP) is 3.36. The van der Waals surface area contributed by atoms with Crippen LogP contribution in [-0.4, -0.2) is 34.6 Å². The van der Waals surface area contributed by atoms with E-state index in [1.54, 1.807) is 23.8 Å². The zero-order valence-corrected chi connectivity index (χ0v) is 16.4. The summed E-state index contributed by atoms with van der Waals surface area (Å²) in [6.07, 6.45) is 0. The molecule has 2 aromatic rings. The molecule has 1 saturated heterocycles. The summed E-state index contributed by atoms with van der Waals surface area (Å²) < 4.78 is 4.86. The molecule has 0 unspecified atom stereocenters. The van der Waals surface area contributed by atoms with Gasteiger partial charge in [0.15, 0.2) is 0 Å². The maximum Gasteiger partial charge on any atom is 0.256 e. The van der Waals surface area contributed by atoms with E-state index in [0.717, 1.165) is 16.9 Å². The van der Waals surface area contributed by atoms with Gasteiger partial charge in [-0.1, -0.05) is 30.3 Å². The first-order chi connectivity index (χ1) is 12.9. The minimum absolute atomic E-state index is 0.0600. The molecule has 2 aromatic carbocycles. The second-order valence-corrected chi connectivity index (χ2v) is 9.08. The van der Waals surface area contributed by atoms with E-state index in [9.17, 15) is 9.59 Å². The average molecular weight is 382 g/mol. The van der Waals surface area contributed by atoms with Gasteiger partial charge in [0.2, 0.25) is 5.91 Å². The van der Waals surface area contributed by atoms with E-state index in [1.165, 1.54) is 0 Å². The summed E-state index contributed by atoms with van der Waals surface area (Å²) in [5.41, 5.74) is 2.67. The molecule has 0 aliphatic carbocycles. The number of methoxy groups -OCH3 is 1. The number of rotatable bonds is 4. The first kappa shape index (κ1) is 17.9. The average Bonchev–Trinajstić information content (AvgIpc) is 3.10. The summed E-state index contributed by atoms with van der Waals surface area (Å²) >= 11 is 1.67. The van der Waals surface area contributed by atoms with E-state index in [1.807, 2.05) is 62.4 Å². The van der Waals surface area contributed by atoms with Crippen LogP contribution < -0.4 is 10.1 Å². The monoisotopic (exact) mass is 382 g/mol. The van der Waals surface area contributed by atoms with Crippen molar-refractivity contribution in [3.63, 3.8) is 0 Å². The lowest BCUT2D eigenvalue weighted by atomic mass is 10.0. The van der Waals surface area contributed by atoms with E-state index < -0.39 is 6.04 Å². The second kappa shape index (κ2) is 6.60. The first-order valence-corrected chi connectivity index (χ1v) is 9.80. The van der Waals surface area contributed by atoms with Crippen molar-refractivity contribution < 1.29 is 14.3 Å². The molecular weight excluding hydrogens is 360 g/mol. The molecule has 0 spiro atoms. The number of carbonyl (C=O) groups excluding carboxylic acids is 2. The highest BCUT2D eigenvalue weighted by Crippen LogP contribution is 2.56. The summed E-state index contributed by atoms with van der Waals surface area (Å²) in [7, 11) is 1.62. The number of hydrogen-bond acceptors (Lipinski definition) is 4. The van der Waals surface area contributed by atoms with Crippen LogP contribution in [0.3, 0.4) is 0 Å².